The van der Waals surface area contributed by atoms with Gasteiger partial charge in [-0.05, 0) is 46.7 Å². The molecule has 3 aromatic rings. The minimum absolute atomic E-state index is 0.0909. The van der Waals surface area contributed by atoms with Crippen molar-refractivity contribution in [2.75, 3.05) is 5.32 Å². The molecular weight excluding hydrogens is 272 g/mol. The average Bonchev–Trinajstić information content (AvgIpc) is 2.94. The third kappa shape index (κ3) is 2.89. The van der Waals surface area contributed by atoms with Crippen LogP contribution in [0.25, 0.3) is 10.9 Å². The number of amides is 1. The van der Waals surface area contributed by atoms with Crippen LogP contribution in [0.5, 0.6) is 0 Å². The molecule has 0 atom stereocenters. The van der Waals surface area contributed by atoms with Crippen LogP contribution in [-0.2, 0) is 5.41 Å². The predicted octanol–water partition coefficient (Wildman–Crippen LogP) is 4.72. The Labute approximate surface area is 130 Å². The van der Waals surface area contributed by atoms with E-state index in [0.29, 0.717) is 5.56 Å². The van der Waals surface area contributed by atoms with Crippen LogP contribution in [0.2, 0.25) is 0 Å². The lowest BCUT2D eigenvalue weighted by molar-refractivity contribution is 0.102. The van der Waals surface area contributed by atoms with Crippen molar-refractivity contribution < 1.29 is 4.79 Å². The van der Waals surface area contributed by atoms with Crippen LogP contribution >= 0.6 is 0 Å². The molecule has 112 valence electrons. The summed E-state index contributed by atoms with van der Waals surface area (Å²) in [6, 6.07) is 15.6. The van der Waals surface area contributed by atoms with Gasteiger partial charge in [0, 0.05) is 23.0 Å². The highest BCUT2D eigenvalue weighted by Gasteiger charge is 2.14. The summed E-state index contributed by atoms with van der Waals surface area (Å²) in [7, 11) is 0. The maximum Gasteiger partial charge on any atom is 0.255 e. The van der Waals surface area contributed by atoms with Crippen LogP contribution < -0.4 is 5.32 Å². The monoisotopic (exact) mass is 292 g/mol. The number of H-pyrrole nitrogens is 1. The van der Waals surface area contributed by atoms with Gasteiger partial charge in [0.15, 0.2) is 0 Å². The van der Waals surface area contributed by atoms with E-state index in [4.69, 9.17) is 0 Å². The number of carbonyl (C=O) groups excluding carboxylic acids is 1. The zero-order valence-corrected chi connectivity index (χ0v) is 13.1. The van der Waals surface area contributed by atoms with E-state index in [1.807, 2.05) is 54.7 Å². The first-order valence-corrected chi connectivity index (χ1v) is 7.42. The number of hydrogen-bond donors (Lipinski definition) is 2. The Bertz CT molecular complexity index is 807. The molecule has 2 N–H and O–H groups in total. The quantitative estimate of drug-likeness (QED) is 0.705. The van der Waals surface area contributed by atoms with Gasteiger partial charge in [-0.2, -0.15) is 0 Å². The number of fused-ring (bicyclic) bond motifs is 1. The number of anilines is 1. The van der Waals surface area contributed by atoms with E-state index >= 15 is 0 Å². The van der Waals surface area contributed by atoms with Gasteiger partial charge in [0.2, 0.25) is 0 Å². The van der Waals surface area contributed by atoms with Crippen LogP contribution in [0.15, 0.2) is 54.7 Å². The molecule has 0 aliphatic heterocycles. The Morgan fingerprint density at radius 2 is 1.73 bits per heavy atom. The molecule has 0 spiro atoms. The van der Waals surface area contributed by atoms with Crippen molar-refractivity contribution in [2.24, 2.45) is 0 Å². The lowest BCUT2D eigenvalue weighted by Crippen LogP contribution is -2.14. The van der Waals surface area contributed by atoms with Crippen LogP contribution in [-0.4, -0.2) is 10.9 Å². The van der Waals surface area contributed by atoms with Crippen LogP contribution in [0.4, 0.5) is 5.69 Å². The number of rotatable bonds is 2. The van der Waals surface area contributed by atoms with E-state index in [1.165, 1.54) is 5.56 Å². The smallest absolute Gasteiger partial charge is 0.255 e. The van der Waals surface area contributed by atoms with Gasteiger partial charge in [0.05, 0.1) is 0 Å². The number of nitrogens with one attached hydrogen (secondary N) is 2. The number of carbonyl (C=O) groups is 1. The summed E-state index contributed by atoms with van der Waals surface area (Å²) in [5.74, 6) is -0.0913. The number of hydrogen-bond acceptors (Lipinski definition) is 1. The Hall–Kier alpha value is -2.55. The molecule has 22 heavy (non-hydrogen) atoms. The van der Waals surface area contributed by atoms with E-state index in [2.05, 4.69) is 31.1 Å². The van der Waals surface area contributed by atoms with E-state index in [1.54, 1.807) is 0 Å². The highest BCUT2D eigenvalue weighted by molar-refractivity contribution is 6.05. The van der Waals surface area contributed by atoms with Crippen molar-refractivity contribution in [3.8, 4) is 0 Å². The molecule has 2 aromatic carbocycles. The van der Waals surface area contributed by atoms with E-state index in [0.717, 1.165) is 16.6 Å². The fourth-order valence-electron chi connectivity index (χ4n) is 2.45. The van der Waals surface area contributed by atoms with Crippen molar-refractivity contribution in [1.29, 1.82) is 0 Å². The third-order valence-corrected chi connectivity index (χ3v) is 3.83. The highest BCUT2D eigenvalue weighted by Crippen LogP contribution is 2.23. The molecule has 1 aromatic heterocycles. The number of aromatic amines is 1. The fraction of sp³-hybridized carbons (Fsp3) is 0.211. The SMILES string of the molecule is CC(C)(C)c1ccc(C(=O)Nc2ccc3cc[nH]c3c2)cc1. The molecule has 0 aliphatic carbocycles. The predicted molar refractivity (Wildman–Crippen MR) is 91.4 cm³/mol. The molecule has 1 amide bonds. The lowest BCUT2D eigenvalue weighted by atomic mass is 9.87. The molecule has 0 aliphatic rings. The van der Waals surface area contributed by atoms with Gasteiger partial charge in [-0.1, -0.05) is 39.0 Å². The molecule has 0 saturated heterocycles. The normalized spacial score (nSPS) is 11.6. The van der Waals surface area contributed by atoms with Gasteiger partial charge < -0.3 is 10.3 Å². The topological polar surface area (TPSA) is 44.9 Å². The van der Waals surface area contributed by atoms with Gasteiger partial charge in [-0.15, -0.1) is 0 Å². The summed E-state index contributed by atoms with van der Waals surface area (Å²) in [4.78, 5) is 15.5. The highest BCUT2D eigenvalue weighted by atomic mass is 16.1. The average molecular weight is 292 g/mol. The van der Waals surface area contributed by atoms with Gasteiger partial charge >= 0.3 is 0 Å². The van der Waals surface area contributed by atoms with Crippen molar-refractivity contribution >= 4 is 22.5 Å². The lowest BCUT2D eigenvalue weighted by Gasteiger charge is -2.19. The van der Waals surface area contributed by atoms with E-state index in [-0.39, 0.29) is 11.3 Å². The summed E-state index contributed by atoms with van der Waals surface area (Å²) in [6.07, 6.45) is 1.89. The summed E-state index contributed by atoms with van der Waals surface area (Å²) in [6.45, 7) is 6.48. The van der Waals surface area contributed by atoms with Crippen molar-refractivity contribution in [3.05, 3.63) is 65.9 Å². The third-order valence-electron chi connectivity index (χ3n) is 3.83. The molecule has 3 rings (SSSR count). The molecule has 0 unspecified atom stereocenters. The van der Waals surface area contributed by atoms with Crippen molar-refractivity contribution in [3.63, 3.8) is 0 Å². The van der Waals surface area contributed by atoms with E-state index < -0.39 is 0 Å². The summed E-state index contributed by atoms with van der Waals surface area (Å²) < 4.78 is 0. The Kier molecular flexibility index (Phi) is 3.49. The van der Waals surface area contributed by atoms with Gasteiger partial charge in [0.25, 0.3) is 5.91 Å². The largest absolute Gasteiger partial charge is 0.361 e. The van der Waals surface area contributed by atoms with Gasteiger partial charge in [-0.3, -0.25) is 4.79 Å². The van der Waals surface area contributed by atoms with Gasteiger partial charge in [-0.25, -0.2) is 0 Å². The first kappa shape index (κ1) is 14.4. The molecule has 0 bridgehead atoms. The first-order valence-electron chi connectivity index (χ1n) is 7.42. The Morgan fingerprint density at radius 1 is 1.00 bits per heavy atom. The molecule has 0 radical (unpaired) electrons. The molecule has 3 nitrogen and oxygen atoms in total. The Morgan fingerprint density at radius 3 is 2.41 bits per heavy atom. The van der Waals surface area contributed by atoms with Crippen molar-refractivity contribution in [1.82, 2.24) is 4.98 Å². The second kappa shape index (κ2) is 5.34. The summed E-state index contributed by atoms with van der Waals surface area (Å²) in [5, 5.41) is 4.07. The Balaban J connectivity index is 1.78. The fourth-order valence-corrected chi connectivity index (χ4v) is 2.45. The standard InChI is InChI=1S/C19H20N2O/c1-19(2,3)15-7-4-14(5-8-15)18(22)21-16-9-6-13-10-11-20-17(13)12-16/h4-12,20H,1-3H3,(H,21,22). The number of aromatic nitrogens is 1. The van der Waals surface area contributed by atoms with Crippen LogP contribution in [0.1, 0.15) is 36.7 Å². The minimum atomic E-state index is -0.0913. The zero-order chi connectivity index (χ0) is 15.7. The molecule has 3 heteroatoms. The second-order valence-corrected chi connectivity index (χ2v) is 6.56. The molecular formula is C19H20N2O. The minimum Gasteiger partial charge on any atom is -0.361 e. The second-order valence-electron chi connectivity index (χ2n) is 6.56. The molecule has 0 fully saturated rings. The van der Waals surface area contributed by atoms with Crippen molar-refractivity contribution in [2.45, 2.75) is 26.2 Å². The van der Waals surface area contributed by atoms with E-state index in [9.17, 15) is 4.79 Å². The zero-order valence-electron chi connectivity index (χ0n) is 13.1. The van der Waals surface area contributed by atoms with Crippen LogP contribution in [0.3, 0.4) is 0 Å². The number of benzene rings is 2. The maximum atomic E-state index is 12.3. The molecule has 0 saturated carbocycles. The van der Waals surface area contributed by atoms with Gasteiger partial charge in [0.1, 0.15) is 0 Å². The molecule has 1 heterocycles. The summed E-state index contributed by atoms with van der Waals surface area (Å²) in [5.41, 5.74) is 3.78. The summed E-state index contributed by atoms with van der Waals surface area (Å²) >= 11 is 0. The maximum absolute atomic E-state index is 12.3. The van der Waals surface area contributed by atoms with Crippen LogP contribution in [0, 0.1) is 0 Å². The first-order chi connectivity index (χ1) is 10.4.